The first-order valence-corrected chi connectivity index (χ1v) is 20.6. The van der Waals surface area contributed by atoms with E-state index in [4.69, 9.17) is 0 Å². The van der Waals surface area contributed by atoms with Crippen LogP contribution in [0.3, 0.4) is 0 Å². The zero-order valence-electron chi connectivity index (χ0n) is 32.5. The minimum absolute atomic E-state index is 0.236. The number of nitrogens with zero attached hydrogens (tertiary/aromatic N) is 4. The van der Waals surface area contributed by atoms with E-state index in [1.54, 1.807) is 0 Å². The summed E-state index contributed by atoms with van der Waals surface area (Å²) in [5.74, 6) is 4.27. The van der Waals surface area contributed by atoms with E-state index in [1.807, 2.05) is 0 Å². The van der Waals surface area contributed by atoms with E-state index in [9.17, 15) is 0 Å². The van der Waals surface area contributed by atoms with E-state index in [2.05, 4.69) is 93.0 Å². The summed E-state index contributed by atoms with van der Waals surface area (Å²) in [4.78, 5) is 12.1. The Labute approximate surface area is 290 Å². The molecule has 47 heavy (non-hydrogen) atoms. The molecule has 6 bridgehead atoms. The zero-order chi connectivity index (χ0) is 33.5. The third kappa shape index (κ3) is 6.01. The summed E-state index contributed by atoms with van der Waals surface area (Å²) in [6.07, 6.45) is 24.8. The van der Waals surface area contributed by atoms with Gasteiger partial charge in [-0.15, -0.1) is 0 Å². The molecule has 1 saturated heterocycles. The molecule has 0 aromatic heterocycles. The van der Waals surface area contributed by atoms with E-state index in [1.165, 1.54) is 136 Å². The van der Waals surface area contributed by atoms with Gasteiger partial charge in [0.25, 0.3) is 0 Å². The van der Waals surface area contributed by atoms with Crippen molar-refractivity contribution in [1.82, 2.24) is 30.2 Å². The maximum absolute atomic E-state index is 3.98. The summed E-state index contributed by atoms with van der Waals surface area (Å²) >= 11 is 0. The second kappa shape index (κ2) is 12.5. The van der Waals surface area contributed by atoms with Crippen LogP contribution < -0.4 is 10.6 Å². The molecule has 6 heteroatoms. The Morgan fingerprint density at radius 1 is 0.681 bits per heavy atom. The topological polar surface area (TPSA) is 37.0 Å². The van der Waals surface area contributed by atoms with Gasteiger partial charge in [-0.25, -0.2) is 0 Å². The number of hydrogen-bond acceptors (Lipinski definition) is 6. The average Bonchev–Trinajstić information content (AvgIpc) is 3.03. The normalized spacial score (nSPS) is 51.3. The van der Waals surface area contributed by atoms with Crippen LogP contribution in [0.4, 0.5) is 0 Å². The maximum atomic E-state index is 3.98. The number of hydrogen-bond donors (Lipinski definition) is 2. The summed E-state index contributed by atoms with van der Waals surface area (Å²) in [6.45, 7) is 16.4. The van der Waals surface area contributed by atoms with Gasteiger partial charge in [0.1, 0.15) is 0 Å². The second-order valence-electron chi connectivity index (χ2n) is 20.2. The quantitative estimate of drug-likeness (QED) is 0.283. The van der Waals surface area contributed by atoms with Crippen LogP contribution >= 0.6 is 0 Å². The lowest BCUT2D eigenvalue weighted by Gasteiger charge is -2.67. The van der Waals surface area contributed by atoms with Gasteiger partial charge in [-0.1, -0.05) is 40.5 Å². The minimum Gasteiger partial charge on any atom is -0.314 e. The molecule has 270 valence electrons. The molecule has 7 fully saturated rings. The van der Waals surface area contributed by atoms with Crippen molar-refractivity contribution < 1.29 is 0 Å². The van der Waals surface area contributed by atoms with Crippen molar-refractivity contribution in [2.75, 3.05) is 48.2 Å². The molecule has 6 aliphatic carbocycles. The molecule has 0 amide bonds. The first kappa shape index (κ1) is 35.2. The molecule has 7 aliphatic rings. The molecule has 7 rings (SSSR count). The third-order valence-corrected chi connectivity index (χ3v) is 16.8. The standard InChI is InChI=1S/C41H76N6/c1-10-37(42-6)21-35-16-32(4)18-41(24-35,26-37)47-29-45(36(5)19-34-15-31(3)17-40(23-34,25-36)44(8)9)28-46(30-47)39(11-2)22-33-13-12-14-38(20-33,27-39)43-7/h31-35,42-43H,10-30H2,1-9H3. The zero-order valence-corrected chi connectivity index (χ0v) is 32.5. The molecule has 6 nitrogen and oxygen atoms in total. The van der Waals surface area contributed by atoms with Crippen molar-refractivity contribution >= 4 is 0 Å². The van der Waals surface area contributed by atoms with Crippen LogP contribution in [0.1, 0.15) is 150 Å². The van der Waals surface area contributed by atoms with Crippen LogP contribution in [0.2, 0.25) is 0 Å². The Hall–Kier alpha value is -0.240. The summed E-state index contributed by atoms with van der Waals surface area (Å²) in [5.41, 5.74) is 1.78. The summed E-state index contributed by atoms with van der Waals surface area (Å²) in [6, 6.07) is 0. The van der Waals surface area contributed by atoms with Crippen LogP contribution in [-0.2, 0) is 0 Å². The summed E-state index contributed by atoms with van der Waals surface area (Å²) in [7, 11) is 9.39. The van der Waals surface area contributed by atoms with E-state index in [0.29, 0.717) is 16.6 Å². The first-order valence-electron chi connectivity index (χ1n) is 20.6. The highest BCUT2D eigenvalue weighted by Gasteiger charge is 2.60. The van der Waals surface area contributed by atoms with Crippen molar-refractivity contribution in [1.29, 1.82) is 0 Å². The van der Waals surface area contributed by atoms with Crippen molar-refractivity contribution in [2.24, 2.45) is 29.6 Å². The molecular formula is C41H76N6. The van der Waals surface area contributed by atoms with Crippen LogP contribution in [0.5, 0.6) is 0 Å². The van der Waals surface area contributed by atoms with E-state index >= 15 is 0 Å². The highest BCUT2D eigenvalue weighted by molar-refractivity contribution is 5.15. The van der Waals surface area contributed by atoms with E-state index < -0.39 is 0 Å². The summed E-state index contributed by atoms with van der Waals surface area (Å²) in [5, 5.41) is 7.95. The van der Waals surface area contributed by atoms with Crippen LogP contribution in [0, 0.1) is 29.6 Å². The highest BCUT2D eigenvalue weighted by atomic mass is 15.5. The van der Waals surface area contributed by atoms with Gasteiger partial charge in [0.05, 0.1) is 20.0 Å². The van der Waals surface area contributed by atoms with Crippen LogP contribution in [-0.4, -0.2) is 101 Å². The lowest BCUT2D eigenvalue weighted by Crippen LogP contribution is -2.75. The molecule has 1 heterocycles. The van der Waals surface area contributed by atoms with Gasteiger partial charge in [0.15, 0.2) is 0 Å². The van der Waals surface area contributed by atoms with Crippen molar-refractivity contribution in [2.45, 2.75) is 183 Å². The number of fused-ring (bicyclic) bond motifs is 6. The number of rotatable bonds is 8. The van der Waals surface area contributed by atoms with Crippen LogP contribution in [0.15, 0.2) is 0 Å². The van der Waals surface area contributed by atoms with Gasteiger partial charge in [-0.2, -0.15) is 0 Å². The molecule has 11 unspecified atom stereocenters. The van der Waals surface area contributed by atoms with Gasteiger partial charge in [-0.3, -0.25) is 14.7 Å². The second-order valence-corrected chi connectivity index (χ2v) is 20.2. The Morgan fingerprint density at radius 3 is 2.06 bits per heavy atom. The average molecular weight is 653 g/mol. The molecular weight excluding hydrogens is 576 g/mol. The molecule has 0 aromatic rings. The molecule has 1 aliphatic heterocycles. The number of nitrogens with one attached hydrogen (secondary N) is 2. The Morgan fingerprint density at radius 2 is 1.38 bits per heavy atom. The molecule has 2 N–H and O–H groups in total. The monoisotopic (exact) mass is 653 g/mol. The Balaban J connectivity index is 1.29. The third-order valence-electron chi connectivity index (χ3n) is 16.8. The smallest absolute Gasteiger partial charge is 0.0541 e. The fraction of sp³-hybridized carbons (Fsp3) is 1.00. The summed E-state index contributed by atoms with van der Waals surface area (Å²) < 4.78 is 0. The fourth-order valence-corrected chi connectivity index (χ4v) is 14.8. The first-order chi connectivity index (χ1) is 22.3. The van der Waals surface area contributed by atoms with Gasteiger partial charge in [0, 0.05) is 33.2 Å². The maximum Gasteiger partial charge on any atom is 0.0541 e. The molecule has 11 atom stereocenters. The SMILES string of the molecule is CCC1(NC)CC2CC(C)CC(N3CN(C4(C)CC5CC(C)CC(N(C)C)(C5)C4)CN(C4(CC)CC5CCCC(NC)(C5)C4)C3)(C2)C1. The minimum atomic E-state index is 0.236. The largest absolute Gasteiger partial charge is 0.314 e. The highest BCUT2D eigenvalue weighted by Crippen LogP contribution is 2.57. The van der Waals surface area contributed by atoms with Crippen molar-refractivity contribution in [3.8, 4) is 0 Å². The van der Waals surface area contributed by atoms with E-state index in [-0.39, 0.29) is 16.6 Å². The van der Waals surface area contributed by atoms with E-state index in [0.717, 1.165) is 29.6 Å². The Kier molecular flexibility index (Phi) is 9.33. The van der Waals surface area contributed by atoms with Crippen molar-refractivity contribution in [3.05, 3.63) is 0 Å². The van der Waals surface area contributed by atoms with Crippen molar-refractivity contribution in [3.63, 3.8) is 0 Å². The lowest BCUT2D eigenvalue weighted by atomic mass is 9.56. The van der Waals surface area contributed by atoms with Gasteiger partial charge in [0.2, 0.25) is 0 Å². The molecule has 6 saturated carbocycles. The van der Waals surface area contributed by atoms with Crippen LogP contribution in [0.25, 0.3) is 0 Å². The van der Waals surface area contributed by atoms with Gasteiger partial charge < -0.3 is 15.5 Å². The fourth-order valence-electron chi connectivity index (χ4n) is 14.8. The lowest BCUT2D eigenvalue weighted by molar-refractivity contribution is -0.204. The van der Waals surface area contributed by atoms with Gasteiger partial charge in [-0.05, 0) is 167 Å². The Bertz CT molecular complexity index is 1120. The predicted molar refractivity (Wildman–Crippen MR) is 197 cm³/mol. The molecule has 0 radical (unpaired) electrons. The predicted octanol–water partition coefficient (Wildman–Crippen LogP) is 7.50. The molecule has 0 aromatic carbocycles. The molecule has 0 spiro atoms. The van der Waals surface area contributed by atoms with Gasteiger partial charge >= 0.3 is 0 Å².